The number of rotatable bonds is 6. The van der Waals surface area contributed by atoms with Crippen LogP contribution < -0.4 is 16.3 Å². The van der Waals surface area contributed by atoms with E-state index >= 15 is 0 Å². The van der Waals surface area contributed by atoms with Crippen molar-refractivity contribution in [2.24, 2.45) is 17.8 Å². The maximum atomic E-state index is 12.5. The van der Waals surface area contributed by atoms with Crippen LogP contribution in [0.15, 0.2) is 27.4 Å². The third kappa shape index (κ3) is 4.50. The summed E-state index contributed by atoms with van der Waals surface area (Å²) in [6, 6.07) is 5.00. The highest BCUT2D eigenvalue weighted by Gasteiger charge is 2.51. The van der Waals surface area contributed by atoms with Crippen LogP contribution in [0.3, 0.4) is 0 Å². The van der Waals surface area contributed by atoms with Gasteiger partial charge in [0.2, 0.25) is 0 Å². The first kappa shape index (κ1) is 22.0. The van der Waals surface area contributed by atoms with Crippen molar-refractivity contribution in [3.8, 4) is 0 Å². The van der Waals surface area contributed by atoms with Crippen molar-refractivity contribution in [1.29, 1.82) is 0 Å². The van der Waals surface area contributed by atoms with Crippen molar-refractivity contribution in [2.45, 2.75) is 70.9 Å². The maximum absolute atomic E-state index is 12.5. The third-order valence-electron chi connectivity index (χ3n) is 7.94. The van der Waals surface area contributed by atoms with Crippen molar-refractivity contribution < 1.29 is 18.7 Å². The highest BCUT2D eigenvalue weighted by atomic mass is 16.5. The standard InChI is InChI=1S/C26H32N2O5/c1-15-3-4-21-20(10-23(30)33-24(21)16(15)2)14-32-22(29)5-6-27-25(31)28-26-11-17-7-18(12-26)9-19(8-17)13-26/h3-4,10,17-19H,5-9,11-14H2,1-2H3,(H2,27,28,31). The minimum absolute atomic E-state index is 0.0110. The number of carbonyl (C=O) groups excluding carboxylic acids is 2. The Morgan fingerprint density at radius 2 is 1.76 bits per heavy atom. The van der Waals surface area contributed by atoms with Gasteiger partial charge in [0.1, 0.15) is 12.2 Å². The van der Waals surface area contributed by atoms with Crippen molar-refractivity contribution in [1.82, 2.24) is 10.6 Å². The molecule has 4 aliphatic rings. The average molecular weight is 453 g/mol. The van der Waals surface area contributed by atoms with Gasteiger partial charge in [-0.2, -0.15) is 0 Å². The molecule has 33 heavy (non-hydrogen) atoms. The summed E-state index contributed by atoms with van der Waals surface area (Å²) in [5.74, 6) is 1.86. The van der Waals surface area contributed by atoms with Gasteiger partial charge in [-0.15, -0.1) is 0 Å². The lowest BCUT2D eigenvalue weighted by atomic mass is 9.53. The molecule has 0 unspecified atom stereocenters. The van der Waals surface area contributed by atoms with Gasteiger partial charge in [0.05, 0.1) is 6.42 Å². The van der Waals surface area contributed by atoms with E-state index in [9.17, 15) is 14.4 Å². The molecule has 4 bridgehead atoms. The van der Waals surface area contributed by atoms with Crippen LogP contribution in [0, 0.1) is 31.6 Å². The number of ether oxygens (including phenoxy) is 1. The molecule has 1 aromatic carbocycles. The van der Waals surface area contributed by atoms with E-state index in [-0.39, 0.29) is 31.1 Å². The van der Waals surface area contributed by atoms with Gasteiger partial charge in [-0.3, -0.25) is 4.79 Å². The molecule has 6 rings (SSSR count). The van der Waals surface area contributed by atoms with Gasteiger partial charge < -0.3 is 19.8 Å². The average Bonchev–Trinajstić information content (AvgIpc) is 2.73. The number of carbonyl (C=O) groups is 2. The van der Waals surface area contributed by atoms with Crippen LogP contribution in [0.5, 0.6) is 0 Å². The molecule has 0 saturated heterocycles. The zero-order valence-electron chi connectivity index (χ0n) is 19.4. The number of esters is 1. The largest absolute Gasteiger partial charge is 0.461 e. The smallest absolute Gasteiger partial charge is 0.336 e. The van der Waals surface area contributed by atoms with Gasteiger partial charge in [-0.05, 0) is 81.3 Å². The Labute approximate surface area is 193 Å². The second-order valence-corrected chi connectivity index (χ2v) is 10.5. The Bertz CT molecular complexity index is 1120. The van der Waals surface area contributed by atoms with Crippen molar-refractivity contribution >= 4 is 23.0 Å². The lowest BCUT2D eigenvalue weighted by Gasteiger charge is -2.56. The van der Waals surface area contributed by atoms with Crippen molar-refractivity contribution in [2.75, 3.05) is 6.54 Å². The summed E-state index contributed by atoms with van der Waals surface area (Å²) in [5.41, 5.74) is 2.54. The second-order valence-electron chi connectivity index (χ2n) is 10.5. The van der Waals surface area contributed by atoms with Crippen LogP contribution in [0.4, 0.5) is 4.79 Å². The molecule has 0 atom stereocenters. The molecule has 176 valence electrons. The second kappa shape index (κ2) is 8.50. The van der Waals surface area contributed by atoms with Gasteiger partial charge in [-0.1, -0.05) is 12.1 Å². The summed E-state index contributed by atoms with van der Waals surface area (Å²) in [6.07, 6.45) is 7.32. The quantitative estimate of drug-likeness (QED) is 0.508. The van der Waals surface area contributed by atoms with Gasteiger partial charge in [0, 0.05) is 29.1 Å². The summed E-state index contributed by atoms with van der Waals surface area (Å²) in [6.45, 7) is 4.06. The highest BCUT2D eigenvalue weighted by molar-refractivity contribution is 5.84. The predicted octanol–water partition coefficient (Wildman–Crippen LogP) is 4.11. The molecule has 1 aromatic heterocycles. The van der Waals surface area contributed by atoms with E-state index < -0.39 is 11.6 Å². The number of aryl methyl sites for hydroxylation is 2. The topological polar surface area (TPSA) is 97.6 Å². The van der Waals surface area contributed by atoms with Gasteiger partial charge >= 0.3 is 17.6 Å². The van der Waals surface area contributed by atoms with E-state index in [0.29, 0.717) is 11.1 Å². The van der Waals surface area contributed by atoms with Gasteiger partial charge in [-0.25, -0.2) is 9.59 Å². The molecule has 7 nitrogen and oxygen atoms in total. The van der Waals surface area contributed by atoms with Crippen molar-refractivity contribution in [3.63, 3.8) is 0 Å². The lowest BCUT2D eigenvalue weighted by molar-refractivity contribution is -0.144. The summed E-state index contributed by atoms with van der Waals surface area (Å²) < 4.78 is 10.7. The number of fused-ring (bicyclic) bond motifs is 1. The van der Waals surface area contributed by atoms with E-state index in [1.807, 2.05) is 26.0 Å². The van der Waals surface area contributed by atoms with E-state index in [2.05, 4.69) is 10.6 Å². The SMILES string of the molecule is Cc1ccc2c(COC(=O)CCNC(=O)NC34CC5CC(CC(C5)C3)C4)cc(=O)oc2c1C. The maximum Gasteiger partial charge on any atom is 0.336 e. The summed E-state index contributed by atoms with van der Waals surface area (Å²) >= 11 is 0. The van der Waals surface area contributed by atoms with E-state index in [1.165, 1.54) is 25.3 Å². The number of urea groups is 1. The fourth-order valence-corrected chi connectivity index (χ4v) is 6.70. The first-order valence-corrected chi connectivity index (χ1v) is 12.0. The highest BCUT2D eigenvalue weighted by Crippen LogP contribution is 2.55. The monoisotopic (exact) mass is 452 g/mol. The first-order chi connectivity index (χ1) is 15.8. The zero-order valence-corrected chi connectivity index (χ0v) is 19.4. The van der Waals surface area contributed by atoms with E-state index in [1.54, 1.807) is 0 Å². The molecule has 4 aliphatic carbocycles. The fourth-order valence-electron chi connectivity index (χ4n) is 6.70. The molecule has 4 fully saturated rings. The van der Waals surface area contributed by atoms with Crippen LogP contribution in [0.1, 0.15) is 61.6 Å². The van der Waals surface area contributed by atoms with Crippen molar-refractivity contribution in [3.05, 3.63) is 45.3 Å². The number of hydrogen-bond acceptors (Lipinski definition) is 5. The number of benzene rings is 1. The fraction of sp³-hybridized carbons (Fsp3) is 0.577. The molecule has 2 amide bonds. The lowest BCUT2D eigenvalue weighted by Crippen LogP contribution is -2.61. The summed E-state index contributed by atoms with van der Waals surface area (Å²) in [5, 5.41) is 6.83. The Morgan fingerprint density at radius 1 is 1.09 bits per heavy atom. The zero-order chi connectivity index (χ0) is 23.2. The van der Waals surface area contributed by atoms with Gasteiger partial charge in [0.15, 0.2) is 0 Å². The van der Waals surface area contributed by atoms with Gasteiger partial charge in [0.25, 0.3) is 0 Å². The number of amides is 2. The van der Waals surface area contributed by atoms with Crippen LogP contribution in [0.25, 0.3) is 11.0 Å². The Kier molecular flexibility index (Phi) is 5.67. The summed E-state index contributed by atoms with van der Waals surface area (Å²) in [4.78, 5) is 36.7. The third-order valence-corrected chi connectivity index (χ3v) is 7.94. The normalized spacial score (nSPS) is 27.5. The molecule has 1 heterocycles. The number of nitrogens with one attached hydrogen (secondary N) is 2. The molecular formula is C26H32N2O5. The molecule has 0 aliphatic heterocycles. The van der Waals surface area contributed by atoms with E-state index in [0.717, 1.165) is 53.5 Å². The predicted molar refractivity (Wildman–Crippen MR) is 124 cm³/mol. The molecule has 4 saturated carbocycles. The Hall–Kier alpha value is -2.83. The van der Waals surface area contributed by atoms with Crippen LogP contribution in [-0.2, 0) is 16.1 Å². The molecule has 0 radical (unpaired) electrons. The molecular weight excluding hydrogens is 420 g/mol. The molecule has 0 spiro atoms. The minimum atomic E-state index is -0.467. The van der Waals surface area contributed by atoms with E-state index in [4.69, 9.17) is 9.15 Å². The Morgan fingerprint density at radius 3 is 2.42 bits per heavy atom. The van der Waals surface area contributed by atoms with Crippen LogP contribution in [-0.4, -0.2) is 24.1 Å². The summed E-state index contributed by atoms with van der Waals surface area (Å²) in [7, 11) is 0. The molecule has 2 aromatic rings. The number of hydrogen-bond donors (Lipinski definition) is 2. The van der Waals surface area contributed by atoms with Crippen LogP contribution in [0.2, 0.25) is 0 Å². The Balaban J connectivity index is 1.11. The van der Waals surface area contributed by atoms with Crippen LogP contribution >= 0.6 is 0 Å². The minimum Gasteiger partial charge on any atom is -0.461 e. The molecule has 7 heteroatoms. The molecule has 2 N–H and O–H groups in total. The first-order valence-electron chi connectivity index (χ1n) is 12.0.